The predicted octanol–water partition coefficient (Wildman–Crippen LogP) is 3.20. The zero-order chi connectivity index (χ0) is 18.4. The van der Waals surface area contributed by atoms with Gasteiger partial charge in [0.05, 0.1) is 18.3 Å². The Balaban J connectivity index is 1.90. The number of phenolic OH excluding ortho intramolecular Hbond substituents is 1. The molecule has 1 amide bonds. The largest absolute Gasteiger partial charge is 0.503 e. The van der Waals surface area contributed by atoms with E-state index in [2.05, 4.69) is 10.5 Å². The van der Waals surface area contributed by atoms with Crippen molar-refractivity contribution in [2.75, 3.05) is 13.7 Å². The molecule has 0 aliphatic carbocycles. The Morgan fingerprint density at radius 3 is 2.72 bits per heavy atom. The maximum absolute atomic E-state index is 11.8. The minimum atomic E-state index is -0.397. The highest BCUT2D eigenvalue weighted by Gasteiger charge is 2.08. The van der Waals surface area contributed by atoms with Gasteiger partial charge in [-0.1, -0.05) is 17.7 Å². The Bertz CT molecular complexity index is 806. The number of nitrogens with zero attached hydrogens (tertiary/aromatic N) is 1. The van der Waals surface area contributed by atoms with E-state index in [9.17, 15) is 9.90 Å². The highest BCUT2D eigenvalue weighted by molar-refractivity contribution is 6.32. The monoisotopic (exact) mass is 362 g/mol. The average molecular weight is 363 g/mol. The molecule has 2 aromatic rings. The number of aromatic hydroxyl groups is 1. The summed E-state index contributed by atoms with van der Waals surface area (Å²) in [7, 11) is 1.41. The summed E-state index contributed by atoms with van der Waals surface area (Å²) in [4.78, 5) is 11.8. The molecule has 2 N–H and O–H groups in total. The van der Waals surface area contributed by atoms with E-state index >= 15 is 0 Å². The molecule has 25 heavy (non-hydrogen) atoms. The zero-order valence-electron chi connectivity index (χ0n) is 14.2. The van der Waals surface area contributed by atoms with Crippen molar-refractivity contribution in [3.8, 4) is 17.2 Å². The van der Waals surface area contributed by atoms with Crippen molar-refractivity contribution >= 4 is 23.7 Å². The lowest BCUT2D eigenvalue weighted by atomic mass is 10.1. The molecule has 0 aromatic heterocycles. The van der Waals surface area contributed by atoms with Gasteiger partial charge in [-0.25, -0.2) is 5.43 Å². The summed E-state index contributed by atoms with van der Waals surface area (Å²) in [6.45, 7) is 3.83. The summed E-state index contributed by atoms with van der Waals surface area (Å²) in [5.74, 6) is 0.300. The first-order valence-electron chi connectivity index (χ1n) is 7.49. The van der Waals surface area contributed by atoms with E-state index in [1.54, 1.807) is 6.07 Å². The van der Waals surface area contributed by atoms with E-state index in [0.29, 0.717) is 11.3 Å². The number of aryl methyl sites for hydroxylation is 2. The standard InChI is InChI=1S/C18H19ClN2O4/c1-11-4-5-14(6-12(11)2)25-10-17(22)21-20-9-13-7-15(19)18(23)16(8-13)24-3/h4-9,23H,10H2,1-3H3,(H,21,22). The number of hydrogen-bond acceptors (Lipinski definition) is 5. The number of rotatable bonds is 6. The lowest BCUT2D eigenvalue weighted by Crippen LogP contribution is -2.24. The van der Waals surface area contributed by atoms with Crippen molar-refractivity contribution in [1.29, 1.82) is 0 Å². The number of hydrogen-bond donors (Lipinski definition) is 2. The quantitative estimate of drug-likeness (QED) is 0.611. The van der Waals surface area contributed by atoms with Gasteiger partial charge in [0.1, 0.15) is 5.75 Å². The number of carbonyl (C=O) groups is 1. The van der Waals surface area contributed by atoms with E-state index in [4.69, 9.17) is 21.1 Å². The van der Waals surface area contributed by atoms with E-state index in [0.717, 1.165) is 11.1 Å². The van der Waals surface area contributed by atoms with Crippen molar-refractivity contribution in [2.45, 2.75) is 13.8 Å². The van der Waals surface area contributed by atoms with Gasteiger partial charge in [-0.3, -0.25) is 4.79 Å². The lowest BCUT2D eigenvalue weighted by molar-refractivity contribution is -0.123. The number of nitrogens with one attached hydrogen (secondary N) is 1. The topological polar surface area (TPSA) is 80.2 Å². The van der Waals surface area contributed by atoms with Gasteiger partial charge >= 0.3 is 0 Å². The van der Waals surface area contributed by atoms with Crippen LogP contribution in [0.3, 0.4) is 0 Å². The lowest BCUT2D eigenvalue weighted by Gasteiger charge is -2.07. The third-order valence-electron chi connectivity index (χ3n) is 3.52. The Morgan fingerprint density at radius 1 is 1.28 bits per heavy atom. The van der Waals surface area contributed by atoms with Crippen LogP contribution < -0.4 is 14.9 Å². The van der Waals surface area contributed by atoms with Crippen molar-refractivity contribution < 1.29 is 19.4 Å². The van der Waals surface area contributed by atoms with E-state index < -0.39 is 5.91 Å². The van der Waals surface area contributed by atoms with Crippen LogP contribution in [-0.4, -0.2) is 30.9 Å². The molecule has 0 fully saturated rings. The maximum atomic E-state index is 11.8. The van der Waals surface area contributed by atoms with E-state index in [1.807, 2.05) is 32.0 Å². The van der Waals surface area contributed by atoms with Crippen LogP contribution in [0, 0.1) is 13.8 Å². The van der Waals surface area contributed by atoms with Crippen LogP contribution >= 0.6 is 11.6 Å². The Morgan fingerprint density at radius 2 is 2.04 bits per heavy atom. The maximum Gasteiger partial charge on any atom is 0.277 e. The Kier molecular flexibility index (Phi) is 6.25. The predicted molar refractivity (Wildman–Crippen MR) is 96.8 cm³/mol. The highest BCUT2D eigenvalue weighted by Crippen LogP contribution is 2.34. The van der Waals surface area contributed by atoms with Crippen LogP contribution in [-0.2, 0) is 4.79 Å². The molecule has 0 unspecified atom stereocenters. The van der Waals surface area contributed by atoms with Crippen LogP contribution in [0.5, 0.6) is 17.2 Å². The minimum Gasteiger partial charge on any atom is -0.503 e. The summed E-state index contributed by atoms with van der Waals surface area (Å²) in [5.41, 5.74) is 5.17. The third kappa shape index (κ3) is 5.12. The molecule has 2 aromatic carbocycles. The molecule has 0 radical (unpaired) electrons. The Hall–Kier alpha value is -2.73. The molecule has 0 bridgehead atoms. The number of benzene rings is 2. The fraction of sp³-hybridized carbons (Fsp3) is 0.222. The SMILES string of the molecule is COc1cc(C=NNC(=O)COc2ccc(C)c(C)c2)cc(Cl)c1O. The fourth-order valence-electron chi connectivity index (χ4n) is 1.99. The molecule has 0 saturated carbocycles. The molecule has 0 saturated heterocycles. The molecule has 132 valence electrons. The normalized spacial score (nSPS) is 10.7. The Labute approximate surface area is 151 Å². The van der Waals surface area contributed by atoms with E-state index in [-0.39, 0.29) is 23.1 Å². The second-order valence-electron chi connectivity index (χ2n) is 5.38. The first-order chi connectivity index (χ1) is 11.9. The molecular formula is C18H19ClN2O4. The van der Waals surface area contributed by atoms with Gasteiger partial charge in [-0.15, -0.1) is 0 Å². The van der Waals surface area contributed by atoms with Crippen LogP contribution in [0.1, 0.15) is 16.7 Å². The second-order valence-corrected chi connectivity index (χ2v) is 5.79. The van der Waals surface area contributed by atoms with E-state index in [1.165, 1.54) is 19.4 Å². The summed E-state index contributed by atoms with van der Waals surface area (Å²) >= 11 is 5.88. The number of halogens is 1. The highest BCUT2D eigenvalue weighted by atomic mass is 35.5. The summed E-state index contributed by atoms with van der Waals surface area (Å²) in [5, 5.41) is 13.6. The molecule has 6 nitrogen and oxygen atoms in total. The smallest absolute Gasteiger partial charge is 0.277 e. The van der Waals surface area contributed by atoms with Gasteiger partial charge in [0.25, 0.3) is 5.91 Å². The third-order valence-corrected chi connectivity index (χ3v) is 3.81. The van der Waals surface area contributed by atoms with Gasteiger partial charge in [0.2, 0.25) is 0 Å². The zero-order valence-corrected chi connectivity index (χ0v) is 14.9. The van der Waals surface area contributed by atoms with Gasteiger partial charge in [-0.2, -0.15) is 5.10 Å². The molecule has 0 aliphatic heterocycles. The number of hydrazone groups is 1. The number of amides is 1. The van der Waals surface area contributed by atoms with Crippen LogP contribution in [0.2, 0.25) is 5.02 Å². The summed E-state index contributed by atoms with van der Waals surface area (Å²) in [6.07, 6.45) is 1.39. The average Bonchev–Trinajstić information content (AvgIpc) is 2.59. The van der Waals surface area contributed by atoms with Gasteiger partial charge < -0.3 is 14.6 Å². The summed E-state index contributed by atoms with van der Waals surface area (Å²) < 4.78 is 10.4. The van der Waals surface area contributed by atoms with Crippen LogP contribution in [0.15, 0.2) is 35.4 Å². The first-order valence-corrected chi connectivity index (χ1v) is 7.87. The number of carbonyl (C=O) groups excluding carboxylic acids is 1. The number of phenols is 1. The molecule has 0 aliphatic rings. The molecular weight excluding hydrogens is 344 g/mol. The van der Waals surface area contributed by atoms with Gasteiger partial charge in [0.15, 0.2) is 18.1 Å². The second kappa shape index (κ2) is 8.39. The van der Waals surface area contributed by atoms with Crippen LogP contribution in [0.25, 0.3) is 0 Å². The molecule has 0 spiro atoms. The fourth-order valence-corrected chi connectivity index (χ4v) is 2.21. The van der Waals surface area contributed by atoms with Crippen molar-refractivity contribution in [2.24, 2.45) is 5.10 Å². The van der Waals surface area contributed by atoms with Gasteiger partial charge in [-0.05, 0) is 54.8 Å². The number of methoxy groups -OCH3 is 1. The van der Waals surface area contributed by atoms with Crippen molar-refractivity contribution in [1.82, 2.24) is 5.43 Å². The van der Waals surface area contributed by atoms with Crippen LogP contribution in [0.4, 0.5) is 0 Å². The molecule has 7 heteroatoms. The van der Waals surface area contributed by atoms with Gasteiger partial charge in [0, 0.05) is 0 Å². The molecule has 0 heterocycles. The first kappa shape index (κ1) is 18.6. The number of ether oxygens (including phenoxy) is 2. The minimum absolute atomic E-state index is 0.130. The molecule has 0 atom stereocenters. The van der Waals surface area contributed by atoms with Crippen molar-refractivity contribution in [3.05, 3.63) is 52.0 Å². The summed E-state index contributed by atoms with van der Waals surface area (Å²) in [6, 6.07) is 8.66. The van der Waals surface area contributed by atoms with Crippen molar-refractivity contribution in [3.63, 3.8) is 0 Å². The molecule has 2 rings (SSSR count).